The fraction of sp³-hybridized carbons (Fsp3) is 0.267. The molecule has 0 spiro atoms. The number of aryl methyl sites for hydroxylation is 3. The molecule has 21 heavy (non-hydrogen) atoms. The van der Waals surface area contributed by atoms with E-state index in [2.05, 4.69) is 15.1 Å². The van der Waals surface area contributed by atoms with E-state index in [0.717, 1.165) is 30.1 Å². The average molecular weight is 304 g/mol. The molecule has 108 valence electrons. The first kappa shape index (κ1) is 13.8. The predicted molar refractivity (Wildman–Crippen MR) is 78.0 cm³/mol. The average Bonchev–Trinajstić information content (AvgIpc) is 3.09. The van der Waals surface area contributed by atoms with E-state index in [0.29, 0.717) is 23.2 Å². The predicted octanol–water partition coefficient (Wildman–Crippen LogP) is 3.86. The highest BCUT2D eigenvalue weighted by molar-refractivity contribution is 6.33. The molecule has 3 rings (SSSR count). The number of benzene rings is 1. The van der Waals surface area contributed by atoms with Crippen LogP contribution < -0.4 is 0 Å². The van der Waals surface area contributed by atoms with Crippen molar-refractivity contribution in [3.05, 3.63) is 53.0 Å². The molecule has 0 bridgehead atoms. The zero-order valence-corrected chi connectivity index (χ0v) is 12.3. The third-order valence-corrected chi connectivity index (χ3v) is 3.36. The first-order valence-electron chi connectivity index (χ1n) is 6.71. The molecule has 2 aromatic heterocycles. The fourth-order valence-electron chi connectivity index (χ4n) is 2.02. The van der Waals surface area contributed by atoms with Gasteiger partial charge in [0, 0.05) is 18.4 Å². The first-order chi connectivity index (χ1) is 10.2. The summed E-state index contributed by atoms with van der Waals surface area (Å²) in [6.45, 7) is 1.88. The van der Waals surface area contributed by atoms with Crippen molar-refractivity contribution >= 4 is 11.6 Å². The van der Waals surface area contributed by atoms with Gasteiger partial charge in [0.1, 0.15) is 5.76 Å². The summed E-state index contributed by atoms with van der Waals surface area (Å²) in [6, 6.07) is 7.43. The van der Waals surface area contributed by atoms with E-state index in [1.165, 1.54) is 0 Å². The summed E-state index contributed by atoms with van der Waals surface area (Å²) in [5.41, 5.74) is 0.775. The number of nitrogens with zero attached hydrogens (tertiary/aromatic N) is 3. The summed E-state index contributed by atoms with van der Waals surface area (Å²) in [5.74, 6) is 2.66. The van der Waals surface area contributed by atoms with Gasteiger partial charge in [-0.05, 0) is 25.5 Å². The second kappa shape index (κ2) is 6.10. The maximum absolute atomic E-state index is 6.11. The van der Waals surface area contributed by atoms with Crippen LogP contribution in [0.5, 0.6) is 0 Å². The van der Waals surface area contributed by atoms with Gasteiger partial charge in [0.25, 0.3) is 0 Å². The molecule has 0 atom stereocenters. The molecule has 0 radical (unpaired) electrons. The van der Waals surface area contributed by atoms with Crippen LogP contribution >= 0.6 is 11.6 Å². The van der Waals surface area contributed by atoms with E-state index in [1.807, 2.05) is 25.1 Å². The minimum absolute atomic E-state index is 0.516. The van der Waals surface area contributed by atoms with Crippen molar-refractivity contribution in [3.8, 4) is 11.4 Å². The van der Waals surface area contributed by atoms with E-state index in [4.69, 9.17) is 20.5 Å². The third kappa shape index (κ3) is 3.31. The van der Waals surface area contributed by atoms with E-state index < -0.39 is 0 Å². The van der Waals surface area contributed by atoms with Crippen molar-refractivity contribution in [3.63, 3.8) is 0 Å². The smallest absolute Gasteiger partial charge is 0.226 e. The molecule has 6 heteroatoms. The Morgan fingerprint density at radius 2 is 1.95 bits per heavy atom. The van der Waals surface area contributed by atoms with E-state index in [1.54, 1.807) is 12.3 Å². The summed E-state index contributed by atoms with van der Waals surface area (Å²) in [6.07, 6.45) is 3.98. The standard InChI is InChI=1S/C15H14ClN3O2/c1-10-9-17-13(20-10)7-4-8-14-18-15(19-21-14)11-5-2-3-6-12(11)16/h2-3,5-6,9H,4,7-8H2,1H3. The van der Waals surface area contributed by atoms with Gasteiger partial charge in [0.2, 0.25) is 11.7 Å². The first-order valence-corrected chi connectivity index (χ1v) is 7.09. The Bertz CT molecular complexity index is 736. The molecule has 0 aliphatic heterocycles. The topological polar surface area (TPSA) is 65.0 Å². The number of halogens is 1. The van der Waals surface area contributed by atoms with Crippen LogP contribution in [0.25, 0.3) is 11.4 Å². The lowest BCUT2D eigenvalue weighted by molar-refractivity contribution is 0.373. The van der Waals surface area contributed by atoms with Crippen molar-refractivity contribution in [2.45, 2.75) is 26.2 Å². The molecule has 0 amide bonds. The molecule has 1 aromatic carbocycles. The second-order valence-electron chi connectivity index (χ2n) is 4.71. The summed E-state index contributed by atoms with van der Waals surface area (Å²) in [5, 5.41) is 4.58. The van der Waals surface area contributed by atoms with Gasteiger partial charge >= 0.3 is 0 Å². The highest BCUT2D eigenvalue weighted by Crippen LogP contribution is 2.25. The quantitative estimate of drug-likeness (QED) is 0.716. The molecule has 2 heterocycles. The van der Waals surface area contributed by atoms with Gasteiger partial charge in [0.15, 0.2) is 5.89 Å². The van der Waals surface area contributed by atoms with E-state index in [9.17, 15) is 0 Å². The molecule has 3 aromatic rings. The van der Waals surface area contributed by atoms with Crippen LogP contribution in [0.2, 0.25) is 5.02 Å². The summed E-state index contributed by atoms with van der Waals surface area (Å²) < 4.78 is 10.7. The Morgan fingerprint density at radius 3 is 2.71 bits per heavy atom. The highest BCUT2D eigenvalue weighted by Gasteiger charge is 2.11. The lowest BCUT2D eigenvalue weighted by Gasteiger charge is -1.96. The van der Waals surface area contributed by atoms with Crippen LogP contribution in [0.4, 0.5) is 0 Å². The van der Waals surface area contributed by atoms with Crippen LogP contribution in [0, 0.1) is 6.92 Å². The Kier molecular flexibility index (Phi) is 4.01. The van der Waals surface area contributed by atoms with Crippen molar-refractivity contribution < 1.29 is 8.94 Å². The Hall–Kier alpha value is -2.14. The summed E-state index contributed by atoms with van der Waals surface area (Å²) in [7, 11) is 0. The second-order valence-corrected chi connectivity index (χ2v) is 5.12. The SMILES string of the molecule is Cc1cnc(CCCc2nc(-c3ccccc3Cl)no2)o1. The Balaban J connectivity index is 1.62. The molecule has 0 fully saturated rings. The van der Waals surface area contributed by atoms with E-state index in [-0.39, 0.29) is 0 Å². The van der Waals surface area contributed by atoms with Crippen molar-refractivity contribution in [2.75, 3.05) is 0 Å². The third-order valence-electron chi connectivity index (χ3n) is 3.03. The molecule has 0 aliphatic carbocycles. The fourth-order valence-corrected chi connectivity index (χ4v) is 2.24. The molecular weight excluding hydrogens is 290 g/mol. The lowest BCUT2D eigenvalue weighted by Crippen LogP contribution is -1.90. The minimum atomic E-state index is 0.516. The number of aromatic nitrogens is 3. The van der Waals surface area contributed by atoms with E-state index >= 15 is 0 Å². The lowest BCUT2D eigenvalue weighted by atomic mass is 10.2. The normalized spacial score (nSPS) is 11.0. The molecule has 0 saturated heterocycles. The van der Waals surface area contributed by atoms with Crippen LogP contribution in [0.15, 0.2) is 39.4 Å². The largest absolute Gasteiger partial charge is 0.446 e. The molecule has 0 unspecified atom stereocenters. The van der Waals surface area contributed by atoms with Gasteiger partial charge in [0.05, 0.1) is 11.2 Å². The Morgan fingerprint density at radius 1 is 1.14 bits per heavy atom. The maximum Gasteiger partial charge on any atom is 0.226 e. The minimum Gasteiger partial charge on any atom is -0.446 e. The van der Waals surface area contributed by atoms with Crippen LogP contribution in [0.3, 0.4) is 0 Å². The highest BCUT2D eigenvalue weighted by atomic mass is 35.5. The van der Waals surface area contributed by atoms with Gasteiger partial charge in [-0.2, -0.15) is 4.98 Å². The molecule has 0 N–H and O–H groups in total. The summed E-state index contributed by atoms with van der Waals surface area (Å²) >= 11 is 6.11. The monoisotopic (exact) mass is 303 g/mol. The van der Waals surface area contributed by atoms with Crippen molar-refractivity contribution in [2.24, 2.45) is 0 Å². The zero-order chi connectivity index (χ0) is 14.7. The molecule has 0 aliphatic rings. The molecule has 0 saturated carbocycles. The van der Waals surface area contributed by atoms with Crippen LogP contribution in [-0.2, 0) is 12.8 Å². The number of oxazole rings is 1. The van der Waals surface area contributed by atoms with Crippen LogP contribution in [0.1, 0.15) is 24.0 Å². The number of rotatable bonds is 5. The summed E-state index contributed by atoms with van der Waals surface area (Å²) in [4.78, 5) is 8.53. The van der Waals surface area contributed by atoms with Gasteiger partial charge in [-0.25, -0.2) is 4.98 Å². The zero-order valence-electron chi connectivity index (χ0n) is 11.5. The van der Waals surface area contributed by atoms with Gasteiger partial charge in [-0.15, -0.1) is 0 Å². The van der Waals surface area contributed by atoms with Crippen LogP contribution in [-0.4, -0.2) is 15.1 Å². The molecular formula is C15H14ClN3O2. The number of hydrogen-bond acceptors (Lipinski definition) is 5. The molecule has 5 nitrogen and oxygen atoms in total. The van der Waals surface area contributed by atoms with Crippen molar-refractivity contribution in [1.82, 2.24) is 15.1 Å². The van der Waals surface area contributed by atoms with Gasteiger partial charge in [-0.3, -0.25) is 0 Å². The van der Waals surface area contributed by atoms with Gasteiger partial charge in [-0.1, -0.05) is 28.9 Å². The maximum atomic E-state index is 6.11. The Labute approximate surface area is 127 Å². The van der Waals surface area contributed by atoms with Gasteiger partial charge < -0.3 is 8.94 Å². The van der Waals surface area contributed by atoms with Crippen molar-refractivity contribution in [1.29, 1.82) is 0 Å². The number of hydrogen-bond donors (Lipinski definition) is 0.